The molecular formula is C17H16BrClO2. The van der Waals surface area contributed by atoms with E-state index in [1.807, 2.05) is 30.3 Å². The topological polar surface area (TPSA) is 18.5 Å². The molecule has 0 spiro atoms. The quantitative estimate of drug-likeness (QED) is 0.696. The largest absolute Gasteiger partial charge is 0.490 e. The highest BCUT2D eigenvalue weighted by Crippen LogP contribution is 2.40. The molecule has 4 heteroatoms. The number of halogens is 2. The fourth-order valence-corrected chi connectivity index (χ4v) is 3.54. The van der Waals surface area contributed by atoms with Crippen molar-refractivity contribution in [2.75, 3.05) is 13.2 Å². The molecule has 1 atom stereocenters. The molecule has 21 heavy (non-hydrogen) atoms. The van der Waals surface area contributed by atoms with Crippen LogP contribution in [0.5, 0.6) is 11.5 Å². The minimum Gasteiger partial charge on any atom is -0.490 e. The van der Waals surface area contributed by atoms with E-state index < -0.39 is 0 Å². The van der Waals surface area contributed by atoms with Crippen molar-refractivity contribution >= 4 is 27.5 Å². The van der Waals surface area contributed by atoms with Crippen molar-refractivity contribution in [2.24, 2.45) is 0 Å². The summed E-state index contributed by atoms with van der Waals surface area (Å²) < 4.78 is 11.4. The highest BCUT2D eigenvalue weighted by Gasteiger charge is 2.18. The summed E-state index contributed by atoms with van der Waals surface area (Å²) in [5.74, 6) is 1.52. The molecular weight excluding hydrogens is 352 g/mol. The van der Waals surface area contributed by atoms with Crippen LogP contribution in [0.25, 0.3) is 0 Å². The zero-order chi connectivity index (χ0) is 14.7. The van der Waals surface area contributed by atoms with Crippen LogP contribution in [0.4, 0.5) is 0 Å². The lowest BCUT2D eigenvalue weighted by molar-refractivity contribution is 0.297. The average Bonchev–Trinajstić information content (AvgIpc) is 2.72. The van der Waals surface area contributed by atoms with Crippen LogP contribution in [0.15, 0.2) is 42.5 Å². The van der Waals surface area contributed by atoms with E-state index in [-0.39, 0.29) is 4.83 Å². The van der Waals surface area contributed by atoms with E-state index in [0.29, 0.717) is 18.2 Å². The van der Waals surface area contributed by atoms with Gasteiger partial charge in [-0.3, -0.25) is 0 Å². The van der Waals surface area contributed by atoms with Gasteiger partial charge in [0.25, 0.3) is 0 Å². The molecule has 0 radical (unpaired) electrons. The third kappa shape index (κ3) is 3.53. The predicted molar refractivity (Wildman–Crippen MR) is 88.9 cm³/mol. The standard InChI is InChI=1S/C17H16BrClO2/c18-14(9-12-5-2-1-3-6-12)13-10-16-17(11-15(13)19)21-8-4-7-20-16/h1-3,5-6,10-11,14H,4,7-9H2. The van der Waals surface area contributed by atoms with E-state index >= 15 is 0 Å². The molecule has 0 saturated heterocycles. The zero-order valence-electron chi connectivity index (χ0n) is 11.5. The van der Waals surface area contributed by atoms with Crippen LogP contribution in [-0.4, -0.2) is 13.2 Å². The van der Waals surface area contributed by atoms with Gasteiger partial charge in [-0.15, -0.1) is 0 Å². The summed E-state index contributed by atoms with van der Waals surface area (Å²) in [6.07, 6.45) is 1.77. The molecule has 1 aliphatic rings. The third-order valence-corrected chi connectivity index (χ3v) is 4.61. The molecule has 0 amide bonds. The van der Waals surface area contributed by atoms with Crippen LogP contribution in [-0.2, 0) is 6.42 Å². The highest BCUT2D eigenvalue weighted by molar-refractivity contribution is 9.09. The van der Waals surface area contributed by atoms with Gasteiger partial charge in [0.1, 0.15) is 0 Å². The summed E-state index contributed by atoms with van der Waals surface area (Å²) in [6, 6.07) is 14.2. The van der Waals surface area contributed by atoms with E-state index in [9.17, 15) is 0 Å². The number of hydrogen-bond acceptors (Lipinski definition) is 2. The van der Waals surface area contributed by atoms with Crippen molar-refractivity contribution in [1.29, 1.82) is 0 Å². The van der Waals surface area contributed by atoms with Crippen molar-refractivity contribution in [1.82, 2.24) is 0 Å². The van der Waals surface area contributed by atoms with Crippen LogP contribution < -0.4 is 9.47 Å². The predicted octanol–water partition coefficient (Wildman–Crippen LogP) is 5.18. The van der Waals surface area contributed by atoms with Crippen molar-refractivity contribution in [3.63, 3.8) is 0 Å². The molecule has 0 bridgehead atoms. The van der Waals surface area contributed by atoms with Gasteiger partial charge >= 0.3 is 0 Å². The SMILES string of the molecule is Clc1cc2c(cc1C(Br)Cc1ccccc1)OCCCO2. The zero-order valence-corrected chi connectivity index (χ0v) is 13.9. The number of fused-ring (bicyclic) bond motifs is 1. The second-order valence-electron chi connectivity index (χ2n) is 5.03. The Balaban J connectivity index is 1.86. The first-order chi connectivity index (χ1) is 10.2. The third-order valence-electron chi connectivity index (χ3n) is 3.46. The molecule has 2 aromatic rings. The normalized spacial score (nSPS) is 15.3. The fourth-order valence-electron chi connectivity index (χ4n) is 2.37. The highest BCUT2D eigenvalue weighted by atomic mass is 79.9. The molecule has 1 heterocycles. The number of rotatable bonds is 3. The molecule has 1 aliphatic heterocycles. The number of ether oxygens (including phenoxy) is 2. The van der Waals surface area contributed by atoms with Crippen LogP contribution >= 0.6 is 27.5 Å². The lowest BCUT2D eigenvalue weighted by Crippen LogP contribution is -1.99. The second kappa shape index (κ2) is 6.71. The Labute approximate surface area is 138 Å². The van der Waals surface area contributed by atoms with Gasteiger partial charge in [-0.1, -0.05) is 57.9 Å². The Morgan fingerprint density at radius 2 is 1.71 bits per heavy atom. The molecule has 3 rings (SSSR count). The van der Waals surface area contributed by atoms with Crippen LogP contribution in [0.2, 0.25) is 5.02 Å². The molecule has 2 nitrogen and oxygen atoms in total. The summed E-state index contributed by atoms with van der Waals surface area (Å²) in [7, 11) is 0. The van der Waals surface area contributed by atoms with Gasteiger partial charge in [-0.05, 0) is 23.6 Å². The van der Waals surface area contributed by atoms with E-state index in [0.717, 1.165) is 29.9 Å². The first-order valence-corrected chi connectivity index (χ1v) is 8.30. The number of benzene rings is 2. The minimum atomic E-state index is 0.143. The fraction of sp³-hybridized carbons (Fsp3) is 0.294. The van der Waals surface area contributed by atoms with E-state index in [1.54, 1.807) is 0 Å². The van der Waals surface area contributed by atoms with E-state index in [2.05, 4.69) is 28.1 Å². The maximum atomic E-state index is 6.41. The smallest absolute Gasteiger partial charge is 0.162 e. The van der Waals surface area contributed by atoms with Gasteiger partial charge in [-0.2, -0.15) is 0 Å². The van der Waals surface area contributed by atoms with Gasteiger partial charge < -0.3 is 9.47 Å². The molecule has 1 unspecified atom stereocenters. The van der Waals surface area contributed by atoms with Gasteiger partial charge in [-0.25, -0.2) is 0 Å². The molecule has 2 aromatic carbocycles. The average molecular weight is 368 g/mol. The Kier molecular flexibility index (Phi) is 4.71. The molecule has 0 N–H and O–H groups in total. The Morgan fingerprint density at radius 1 is 1.05 bits per heavy atom. The lowest BCUT2D eigenvalue weighted by atomic mass is 10.0. The first-order valence-electron chi connectivity index (χ1n) is 7.01. The first kappa shape index (κ1) is 14.7. The summed E-state index contributed by atoms with van der Waals surface area (Å²) in [6.45, 7) is 1.35. The Hall–Kier alpha value is -1.19. The van der Waals surface area contributed by atoms with Crippen molar-refractivity contribution in [3.05, 3.63) is 58.6 Å². The maximum Gasteiger partial charge on any atom is 0.162 e. The van der Waals surface area contributed by atoms with E-state index in [1.165, 1.54) is 5.56 Å². The van der Waals surface area contributed by atoms with Crippen LogP contribution in [0.3, 0.4) is 0 Å². The van der Waals surface area contributed by atoms with Gasteiger partial charge in [0.05, 0.1) is 13.2 Å². The van der Waals surface area contributed by atoms with E-state index in [4.69, 9.17) is 21.1 Å². The summed E-state index contributed by atoms with van der Waals surface area (Å²) in [4.78, 5) is 0.143. The Morgan fingerprint density at radius 3 is 2.43 bits per heavy atom. The minimum absolute atomic E-state index is 0.143. The number of hydrogen-bond donors (Lipinski definition) is 0. The molecule has 0 fully saturated rings. The van der Waals surface area contributed by atoms with Crippen LogP contribution in [0.1, 0.15) is 22.4 Å². The summed E-state index contributed by atoms with van der Waals surface area (Å²) in [5, 5.41) is 0.706. The van der Waals surface area contributed by atoms with Crippen molar-refractivity contribution in [3.8, 4) is 11.5 Å². The van der Waals surface area contributed by atoms with Crippen LogP contribution in [0, 0.1) is 0 Å². The molecule has 110 valence electrons. The number of alkyl halides is 1. The molecule has 0 aromatic heterocycles. The monoisotopic (exact) mass is 366 g/mol. The van der Waals surface area contributed by atoms with Crippen molar-refractivity contribution in [2.45, 2.75) is 17.7 Å². The molecule has 0 aliphatic carbocycles. The van der Waals surface area contributed by atoms with Crippen molar-refractivity contribution < 1.29 is 9.47 Å². The maximum absolute atomic E-state index is 6.41. The lowest BCUT2D eigenvalue weighted by Gasteiger charge is -2.15. The van der Waals surface area contributed by atoms with Gasteiger partial charge in [0.15, 0.2) is 11.5 Å². The van der Waals surface area contributed by atoms with Gasteiger partial charge in [0, 0.05) is 22.3 Å². The molecule has 0 saturated carbocycles. The summed E-state index contributed by atoms with van der Waals surface area (Å²) >= 11 is 10.2. The van der Waals surface area contributed by atoms with Gasteiger partial charge in [0.2, 0.25) is 0 Å². The second-order valence-corrected chi connectivity index (χ2v) is 6.54. The summed E-state index contributed by atoms with van der Waals surface area (Å²) in [5.41, 5.74) is 2.30. The Bertz CT molecular complexity index is 616.